The van der Waals surface area contributed by atoms with E-state index in [0.717, 1.165) is 11.1 Å². The molecule has 1 fully saturated rings. The van der Waals surface area contributed by atoms with Gasteiger partial charge in [0.05, 0.1) is 18.1 Å². The van der Waals surface area contributed by atoms with Gasteiger partial charge < -0.3 is 25.8 Å². The van der Waals surface area contributed by atoms with Gasteiger partial charge in [0, 0.05) is 20.1 Å². The van der Waals surface area contributed by atoms with Crippen molar-refractivity contribution in [3.63, 3.8) is 0 Å². The number of hydrogen-bond acceptors (Lipinski definition) is 7. The van der Waals surface area contributed by atoms with Crippen LogP contribution in [-0.2, 0) is 30.3 Å². The van der Waals surface area contributed by atoms with Crippen LogP contribution in [0.2, 0.25) is 0 Å². The molecule has 2 aliphatic rings. The molecule has 6 atom stereocenters. The maximum atomic E-state index is 14.0. The van der Waals surface area contributed by atoms with E-state index in [4.69, 9.17) is 4.74 Å². The molecule has 5 N–H and O–H groups in total. The molecule has 0 radical (unpaired) electrons. The SMILES string of the molecule is CO[C@@H]1CC/C=C/c2cccc(c2)[C@@H](C)NC(=O)[C@@H]2CCCN(N2)C(=O)[C@H](Cc2cccc(O)c2)NC(=O)[C@H](C(C)C)NC(=O)[C@@H]1C. The Morgan fingerprint density at radius 3 is 2.43 bits per heavy atom. The molecule has 0 unspecified atom stereocenters. The second kappa shape index (κ2) is 16.6. The number of fused-ring (bicyclic) bond motifs is 4. The van der Waals surface area contributed by atoms with Gasteiger partial charge >= 0.3 is 0 Å². The second-order valence-electron chi connectivity index (χ2n) is 12.9. The number of benzene rings is 2. The molecular formula is C36H49N5O6. The van der Waals surface area contributed by atoms with Crippen LogP contribution in [0.1, 0.15) is 76.1 Å². The van der Waals surface area contributed by atoms with Crippen LogP contribution in [0.4, 0.5) is 0 Å². The molecule has 2 aromatic carbocycles. The van der Waals surface area contributed by atoms with E-state index in [2.05, 4.69) is 21.4 Å². The number of ether oxygens (including phenoxy) is 1. The molecule has 0 aromatic heterocycles. The molecule has 2 heterocycles. The average Bonchev–Trinajstić information content (AvgIpc) is 3.05. The number of hydrazine groups is 1. The maximum absolute atomic E-state index is 14.0. The number of nitrogens with zero attached hydrogens (tertiary/aromatic N) is 1. The Hall–Kier alpha value is -4.22. The van der Waals surface area contributed by atoms with Crippen molar-refractivity contribution in [3.05, 3.63) is 71.3 Å². The number of methoxy groups -OCH3 is 1. The first kappa shape index (κ1) is 35.6. The molecule has 0 saturated carbocycles. The highest BCUT2D eigenvalue weighted by molar-refractivity contribution is 5.93. The molecule has 11 nitrogen and oxygen atoms in total. The lowest BCUT2D eigenvalue weighted by atomic mass is 9.96. The summed E-state index contributed by atoms with van der Waals surface area (Å²) >= 11 is 0. The first-order valence-electron chi connectivity index (χ1n) is 16.5. The van der Waals surface area contributed by atoms with Crippen molar-refractivity contribution in [1.82, 2.24) is 26.4 Å². The van der Waals surface area contributed by atoms with Crippen LogP contribution >= 0.6 is 0 Å². The summed E-state index contributed by atoms with van der Waals surface area (Å²) in [4.78, 5) is 54.7. The summed E-state index contributed by atoms with van der Waals surface area (Å²) in [5.74, 6) is -2.25. The number of hydrogen-bond donors (Lipinski definition) is 5. The third-order valence-electron chi connectivity index (χ3n) is 8.95. The molecule has 4 amide bonds. The van der Waals surface area contributed by atoms with E-state index < -0.39 is 35.9 Å². The average molecular weight is 648 g/mol. The number of nitrogens with one attached hydrogen (secondary N) is 4. The van der Waals surface area contributed by atoms with Crippen LogP contribution in [0.5, 0.6) is 5.75 Å². The normalized spacial score (nSPS) is 27.6. The molecule has 2 aromatic rings. The fourth-order valence-electron chi connectivity index (χ4n) is 6.07. The number of aromatic hydroxyl groups is 1. The summed E-state index contributed by atoms with van der Waals surface area (Å²) < 4.78 is 5.69. The highest BCUT2D eigenvalue weighted by Gasteiger charge is 2.36. The highest BCUT2D eigenvalue weighted by atomic mass is 16.5. The molecule has 4 rings (SSSR count). The van der Waals surface area contributed by atoms with Gasteiger partial charge in [0.25, 0.3) is 5.91 Å². The number of rotatable bonds is 4. The molecular weight excluding hydrogens is 598 g/mol. The monoisotopic (exact) mass is 647 g/mol. The lowest BCUT2D eigenvalue weighted by Gasteiger charge is -2.36. The van der Waals surface area contributed by atoms with Gasteiger partial charge in [0.2, 0.25) is 17.7 Å². The summed E-state index contributed by atoms with van der Waals surface area (Å²) in [7, 11) is 1.57. The largest absolute Gasteiger partial charge is 0.508 e. The van der Waals surface area contributed by atoms with Crippen LogP contribution in [0, 0.1) is 11.8 Å². The number of carbonyl (C=O) groups is 4. The van der Waals surface area contributed by atoms with Crippen LogP contribution in [0.15, 0.2) is 54.6 Å². The van der Waals surface area contributed by atoms with Crippen molar-refractivity contribution < 1.29 is 29.0 Å². The molecule has 0 spiro atoms. The molecule has 0 aliphatic carbocycles. The zero-order chi connectivity index (χ0) is 34.1. The molecule has 4 bridgehead atoms. The van der Waals surface area contributed by atoms with Crippen molar-refractivity contribution >= 4 is 29.7 Å². The minimum atomic E-state index is -1.03. The topological polar surface area (TPSA) is 149 Å². The highest BCUT2D eigenvalue weighted by Crippen LogP contribution is 2.20. The fraction of sp³-hybridized carbons (Fsp3) is 0.500. The second-order valence-corrected chi connectivity index (χ2v) is 12.9. The number of allylic oxidation sites excluding steroid dienone is 1. The fourth-order valence-corrected chi connectivity index (χ4v) is 6.07. The van der Waals surface area contributed by atoms with Gasteiger partial charge in [-0.1, -0.05) is 63.3 Å². The molecule has 47 heavy (non-hydrogen) atoms. The molecule has 2 aliphatic heterocycles. The number of phenolic OH excluding ortho intramolecular Hbond substituents is 1. The van der Waals surface area contributed by atoms with E-state index in [9.17, 15) is 24.3 Å². The van der Waals surface area contributed by atoms with Gasteiger partial charge in [0.15, 0.2) is 0 Å². The van der Waals surface area contributed by atoms with Gasteiger partial charge in [-0.15, -0.1) is 0 Å². The Kier molecular flexibility index (Phi) is 12.6. The predicted molar refractivity (Wildman–Crippen MR) is 180 cm³/mol. The summed E-state index contributed by atoms with van der Waals surface area (Å²) in [6.07, 6.45) is 6.15. The van der Waals surface area contributed by atoms with E-state index in [1.807, 2.05) is 57.2 Å². The lowest BCUT2D eigenvalue weighted by molar-refractivity contribution is -0.144. The van der Waals surface area contributed by atoms with Crippen molar-refractivity contribution in [3.8, 4) is 5.75 Å². The Morgan fingerprint density at radius 2 is 1.70 bits per heavy atom. The maximum Gasteiger partial charge on any atom is 0.259 e. The first-order valence-corrected chi connectivity index (χ1v) is 16.5. The standard InChI is InChI=1S/C36H49N5O6/c1-22(2)32-35(45)38-30(21-26-13-9-15-28(42)20-26)36(46)41-18-10-16-29(40-41)34(44)37-24(4)27-14-8-12-25(19-27)11-6-7-17-31(47-5)23(3)33(43)39-32/h6,8-9,11-15,19-20,22-24,29-32,40,42H,7,10,16-18,21H2,1-5H3,(H,37,44)(H,38,45)(H,39,43)/b11-6+/t23-,24-,29+,30+,31-,32+/m1/s1. The predicted octanol–water partition coefficient (Wildman–Crippen LogP) is 3.39. The third kappa shape index (κ3) is 9.65. The summed E-state index contributed by atoms with van der Waals surface area (Å²) in [5, 5.41) is 20.3. The van der Waals surface area contributed by atoms with E-state index in [0.29, 0.717) is 37.8 Å². The van der Waals surface area contributed by atoms with Crippen LogP contribution in [0.3, 0.4) is 0 Å². The van der Waals surface area contributed by atoms with E-state index >= 15 is 0 Å². The lowest BCUT2D eigenvalue weighted by Crippen LogP contribution is -2.63. The van der Waals surface area contributed by atoms with E-state index in [1.165, 1.54) is 11.1 Å². The van der Waals surface area contributed by atoms with Crippen molar-refractivity contribution in [2.24, 2.45) is 11.8 Å². The Balaban J connectivity index is 1.66. The van der Waals surface area contributed by atoms with Crippen LogP contribution in [-0.4, -0.2) is 71.6 Å². The van der Waals surface area contributed by atoms with Crippen LogP contribution < -0.4 is 21.4 Å². The van der Waals surface area contributed by atoms with Gasteiger partial charge in [-0.3, -0.25) is 24.2 Å². The summed E-state index contributed by atoms with van der Waals surface area (Å²) in [6, 6.07) is 11.6. The van der Waals surface area contributed by atoms with Gasteiger partial charge in [0.1, 0.15) is 23.9 Å². The third-order valence-corrected chi connectivity index (χ3v) is 8.95. The van der Waals surface area contributed by atoms with Crippen molar-refractivity contribution in [2.45, 2.75) is 90.1 Å². The zero-order valence-corrected chi connectivity index (χ0v) is 28.0. The summed E-state index contributed by atoms with van der Waals surface area (Å²) in [6.45, 7) is 7.71. The minimum Gasteiger partial charge on any atom is -0.508 e. The van der Waals surface area contributed by atoms with Crippen molar-refractivity contribution in [1.29, 1.82) is 0 Å². The molecule has 1 saturated heterocycles. The summed E-state index contributed by atoms with van der Waals surface area (Å²) in [5.41, 5.74) is 5.67. The van der Waals surface area contributed by atoms with Crippen LogP contribution in [0.25, 0.3) is 6.08 Å². The number of phenols is 1. The van der Waals surface area contributed by atoms with E-state index in [-0.39, 0.29) is 42.0 Å². The Morgan fingerprint density at radius 1 is 0.936 bits per heavy atom. The zero-order valence-electron chi connectivity index (χ0n) is 28.0. The minimum absolute atomic E-state index is 0.0386. The van der Waals surface area contributed by atoms with Gasteiger partial charge in [-0.05, 0) is 73.4 Å². The quantitative estimate of drug-likeness (QED) is 0.342. The van der Waals surface area contributed by atoms with Gasteiger partial charge in [-0.2, -0.15) is 0 Å². The van der Waals surface area contributed by atoms with Gasteiger partial charge in [-0.25, -0.2) is 5.43 Å². The molecule has 254 valence electrons. The number of amides is 4. The Bertz CT molecular complexity index is 1440. The van der Waals surface area contributed by atoms with Crippen molar-refractivity contribution in [2.75, 3.05) is 13.7 Å². The van der Waals surface area contributed by atoms with E-state index in [1.54, 1.807) is 32.2 Å². The number of carbonyl (C=O) groups excluding carboxylic acids is 4. The molecule has 11 heteroatoms. The first-order chi connectivity index (χ1) is 22.5. The Labute approximate surface area is 277 Å². The smallest absolute Gasteiger partial charge is 0.259 e.